The van der Waals surface area contributed by atoms with Gasteiger partial charge in [-0.15, -0.1) is 0 Å². The lowest BCUT2D eigenvalue weighted by Crippen LogP contribution is -2.30. The van der Waals surface area contributed by atoms with E-state index in [9.17, 15) is 9.59 Å². The van der Waals surface area contributed by atoms with Gasteiger partial charge < -0.3 is 5.32 Å². The summed E-state index contributed by atoms with van der Waals surface area (Å²) in [5.74, 6) is -0.461. The average molecular weight is 264 g/mol. The molecule has 0 saturated carbocycles. The molecule has 0 radical (unpaired) electrons. The highest BCUT2D eigenvalue weighted by molar-refractivity contribution is 6.34. The van der Waals surface area contributed by atoms with Crippen molar-refractivity contribution in [3.63, 3.8) is 0 Å². The number of nitrogens with zero attached hydrogens (tertiary/aromatic N) is 1. The minimum absolute atomic E-state index is 0.231. The summed E-state index contributed by atoms with van der Waals surface area (Å²) in [5.41, 5.74) is 3.88. The smallest absolute Gasteiger partial charge is 0.266 e. The summed E-state index contributed by atoms with van der Waals surface area (Å²) in [6.45, 7) is 1.48. The van der Waals surface area contributed by atoms with E-state index in [4.69, 9.17) is 0 Å². The van der Waals surface area contributed by atoms with Crippen molar-refractivity contribution < 1.29 is 9.59 Å². The Balaban J connectivity index is 1.88. The van der Waals surface area contributed by atoms with Gasteiger partial charge in [0.2, 0.25) is 0 Å². The second-order valence-corrected chi connectivity index (χ2v) is 5.01. The lowest BCUT2D eigenvalue weighted by molar-refractivity contribution is 0.0926. The van der Waals surface area contributed by atoms with Crippen molar-refractivity contribution in [2.24, 2.45) is 0 Å². The molecule has 2 amide bonds. The van der Waals surface area contributed by atoms with E-state index in [0.717, 1.165) is 17.7 Å². The first-order chi connectivity index (χ1) is 9.77. The fraction of sp³-hybridized carbons (Fsp3) is 0.125. The number of benzene rings is 2. The van der Waals surface area contributed by atoms with E-state index in [2.05, 4.69) is 5.32 Å². The standard InChI is InChI=1S/C16H12N2O2/c19-15-11-5-1-2-6-12(11)16(20)18(15)14-7-3-4-10-8-17-9-13(10)14/h1-7,17H,8-9H2. The van der Waals surface area contributed by atoms with Crippen LogP contribution in [0.4, 0.5) is 5.69 Å². The maximum atomic E-state index is 12.5. The summed E-state index contributed by atoms with van der Waals surface area (Å²) >= 11 is 0. The van der Waals surface area contributed by atoms with Crippen LogP contribution < -0.4 is 10.2 Å². The van der Waals surface area contributed by atoms with Gasteiger partial charge in [0, 0.05) is 13.1 Å². The SMILES string of the molecule is O=C1c2ccccc2C(=O)N1c1cccc2c1CNC2. The quantitative estimate of drug-likeness (QED) is 0.802. The zero-order valence-electron chi connectivity index (χ0n) is 10.7. The molecule has 2 heterocycles. The third kappa shape index (κ3) is 1.39. The van der Waals surface area contributed by atoms with Gasteiger partial charge in [-0.2, -0.15) is 0 Å². The molecule has 0 saturated heterocycles. The number of imide groups is 1. The molecule has 2 aromatic rings. The second kappa shape index (κ2) is 4.02. The van der Waals surface area contributed by atoms with Crippen LogP contribution in [0.25, 0.3) is 0 Å². The van der Waals surface area contributed by atoms with Gasteiger partial charge in [-0.25, -0.2) is 4.90 Å². The highest BCUT2D eigenvalue weighted by Crippen LogP contribution is 2.33. The van der Waals surface area contributed by atoms with E-state index in [1.54, 1.807) is 24.3 Å². The molecule has 0 atom stereocenters. The number of carbonyl (C=O) groups is 2. The Morgan fingerprint density at radius 3 is 2.25 bits per heavy atom. The predicted octanol–water partition coefficient (Wildman–Crippen LogP) is 2.09. The molecule has 98 valence electrons. The van der Waals surface area contributed by atoms with Crippen LogP contribution in [0.1, 0.15) is 31.8 Å². The predicted molar refractivity (Wildman–Crippen MR) is 74.6 cm³/mol. The van der Waals surface area contributed by atoms with Crippen LogP contribution in [0.5, 0.6) is 0 Å². The maximum absolute atomic E-state index is 12.5. The molecule has 0 bridgehead atoms. The van der Waals surface area contributed by atoms with Gasteiger partial charge in [-0.1, -0.05) is 24.3 Å². The number of rotatable bonds is 1. The largest absolute Gasteiger partial charge is 0.309 e. The third-order valence-corrected chi connectivity index (χ3v) is 3.90. The Labute approximate surface area is 116 Å². The number of nitrogens with one attached hydrogen (secondary N) is 1. The van der Waals surface area contributed by atoms with Gasteiger partial charge in [-0.3, -0.25) is 9.59 Å². The number of hydrogen-bond donors (Lipinski definition) is 1. The molecular weight excluding hydrogens is 252 g/mol. The molecule has 0 aromatic heterocycles. The summed E-state index contributed by atoms with van der Waals surface area (Å²) in [4.78, 5) is 26.3. The van der Waals surface area contributed by atoms with E-state index >= 15 is 0 Å². The number of amides is 2. The Hall–Kier alpha value is -2.46. The van der Waals surface area contributed by atoms with E-state index in [-0.39, 0.29) is 11.8 Å². The highest BCUT2D eigenvalue weighted by Gasteiger charge is 2.37. The van der Waals surface area contributed by atoms with Crippen molar-refractivity contribution in [3.8, 4) is 0 Å². The van der Waals surface area contributed by atoms with Crippen LogP contribution in [0.3, 0.4) is 0 Å². The van der Waals surface area contributed by atoms with Crippen molar-refractivity contribution in [2.45, 2.75) is 13.1 Å². The molecule has 0 spiro atoms. The normalized spacial score (nSPS) is 16.5. The summed E-state index contributed by atoms with van der Waals surface area (Å²) in [7, 11) is 0. The number of carbonyl (C=O) groups excluding carboxylic acids is 2. The fourth-order valence-corrected chi connectivity index (χ4v) is 2.93. The molecular formula is C16H12N2O2. The molecule has 0 unspecified atom stereocenters. The maximum Gasteiger partial charge on any atom is 0.266 e. The molecule has 2 aliphatic rings. The van der Waals surface area contributed by atoms with Gasteiger partial charge in [0.15, 0.2) is 0 Å². The van der Waals surface area contributed by atoms with Gasteiger partial charge >= 0.3 is 0 Å². The average Bonchev–Trinajstić information content (AvgIpc) is 3.04. The number of fused-ring (bicyclic) bond motifs is 2. The van der Waals surface area contributed by atoms with Gasteiger partial charge in [-0.05, 0) is 29.3 Å². The van der Waals surface area contributed by atoms with Crippen LogP contribution in [0, 0.1) is 0 Å². The van der Waals surface area contributed by atoms with Crippen molar-refractivity contribution in [1.82, 2.24) is 5.32 Å². The van der Waals surface area contributed by atoms with Crippen LogP contribution in [0.15, 0.2) is 42.5 Å². The summed E-state index contributed by atoms with van der Waals surface area (Å²) in [5, 5.41) is 3.25. The molecule has 4 heteroatoms. The zero-order chi connectivity index (χ0) is 13.7. The Morgan fingerprint density at radius 2 is 1.55 bits per heavy atom. The first-order valence-corrected chi connectivity index (χ1v) is 6.56. The van der Waals surface area contributed by atoms with Crippen molar-refractivity contribution >= 4 is 17.5 Å². The summed E-state index contributed by atoms with van der Waals surface area (Å²) in [6, 6.07) is 12.7. The molecule has 2 aromatic carbocycles. The van der Waals surface area contributed by atoms with E-state index in [1.165, 1.54) is 4.90 Å². The van der Waals surface area contributed by atoms with Crippen LogP contribution in [0.2, 0.25) is 0 Å². The monoisotopic (exact) mass is 264 g/mol. The molecule has 1 N–H and O–H groups in total. The van der Waals surface area contributed by atoms with Crippen LogP contribution >= 0.6 is 0 Å². The van der Waals surface area contributed by atoms with E-state index < -0.39 is 0 Å². The summed E-state index contributed by atoms with van der Waals surface area (Å²) in [6.07, 6.45) is 0. The second-order valence-electron chi connectivity index (χ2n) is 5.01. The first kappa shape index (κ1) is 11.4. The van der Waals surface area contributed by atoms with Gasteiger partial charge in [0.25, 0.3) is 11.8 Å². The van der Waals surface area contributed by atoms with Crippen LogP contribution in [-0.2, 0) is 13.1 Å². The number of anilines is 1. The molecule has 2 aliphatic heterocycles. The molecule has 0 fully saturated rings. The first-order valence-electron chi connectivity index (χ1n) is 6.56. The van der Waals surface area contributed by atoms with Gasteiger partial charge in [0.1, 0.15) is 0 Å². The Kier molecular flexibility index (Phi) is 2.28. The topological polar surface area (TPSA) is 49.4 Å². The van der Waals surface area contributed by atoms with Crippen molar-refractivity contribution in [2.75, 3.05) is 4.90 Å². The van der Waals surface area contributed by atoms with Crippen molar-refractivity contribution in [3.05, 3.63) is 64.7 Å². The lowest BCUT2D eigenvalue weighted by atomic mass is 10.1. The highest BCUT2D eigenvalue weighted by atomic mass is 16.2. The van der Waals surface area contributed by atoms with Crippen molar-refractivity contribution in [1.29, 1.82) is 0 Å². The molecule has 0 aliphatic carbocycles. The minimum atomic E-state index is -0.231. The zero-order valence-corrected chi connectivity index (χ0v) is 10.7. The third-order valence-electron chi connectivity index (χ3n) is 3.90. The number of hydrogen-bond acceptors (Lipinski definition) is 3. The van der Waals surface area contributed by atoms with Crippen LogP contribution in [-0.4, -0.2) is 11.8 Å². The van der Waals surface area contributed by atoms with E-state index in [0.29, 0.717) is 23.4 Å². The molecule has 20 heavy (non-hydrogen) atoms. The van der Waals surface area contributed by atoms with E-state index in [1.807, 2.05) is 18.2 Å². The Morgan fingerprint density at radius 1 is 0.850 bits per heavy atom. The lowest BCUT2D eigenvalue weighted by Gasteiger charge is -2.17. The fourth-order valence-electron chi connectivity index (χ4n) is 2.93. The Bertz CT molecular complexity index is 717. The molecule has 4 nitrogen and oxygen atoms in total. The van der Waals surface area contributed by atoms with Gasteiger partial charge in [0.05, 0.1) is 16.8 Å². The minimum Gasteiger partial charge on any atom is -0.309 e. The summed E-state index contributed by atoms with van der Waals surface area (Å²) < 4.78 is 0. The molecule has 4 rings (SSSR count).